The van der Waals surface area contributed by atoms with Crippen LogP contribution in [0, 0.1) is 12.3 Å². The molecular weight excluding hydrogens is 541 g/mol. The van der Waals surface area contributed by atoms with E-state index in [0.29, 0.717) is 15.4 Å². The van der Waals surface area contributed by atoms with Gasteiger partial charge in [-0.05, 0) is 71.5 Å². The number of ether oxygens (including phenoxy) is 2. The van der Waals surface area contributed by atoms with Crippen molar-refractivity contribution in [1.29, 1.82) is 0 Å². The van der Waals surface area contributed by atoms with Crippen LogP contribution in [0.3, 0.4) is 0 Å². The highest BCUT2D eigenvalue weighted by atomic mass is 79.9. The number of fused-ring (bicyclic) bond motifs is 1. The lowest BCUT2D eigenvalue weighted by Crippen LogP contribution is -2.31. The van der Waals surface area contributed by atoms with Gasteiger partial charge in [-0.15, -0.1) is 0 Å². The maximum Gasteiger partial charge on any atom is 0.534 e. The zero-order chi connectivity index (χ0) is 26.3. The fraction of sp³-hybridized carbons (Fsp3) is 0.522. The van der Waals surface area contributed by atoms with Crippen LogP contribution in [0.5, 0.6) is 5.75 Å². The van der Waals surface area contributed by atoms with Crippen molar-refractivity contribution in [2.45, 2.75) is 65.7 Å². The molecule has 0 saturated heterocycles. The number of halogens is 4. The summed E-state index contributed by atoms with van der Waals surface area (Å²) in [6.07, 6.45) is -1.12. The van der Waals surface area contributed by atoms with E-state index in [4.69, 9.17) is 13.7 Å². The van der Waals surface area contributed by atoms with Crippen molar-refractivity contribution >= 4 is 42.8 Å². The van der Waals surface area contributed by atoms with Gasteiger partial charge in [-0.25, -0.2) is 0 Å². The van der Waals surface area contributed by atoms with Gasteiger partial charge in [0.1, 0.15) is 12.7 Å². The minimum absolute atomic E-state index is 0.0371. The number of esters is 1. The van der Waals surface area contributed by atoms with E-state index in [1.165, 1.54) is 6.07 Å². The molecule has 0 amide bonds. The molecule has 6 nitrogen and oxygen atoms in total. The lowest BCUT2D eigenvalue weighted by atomic mass is 9.95. The predicted molar refractivity (Wildman–Crippen MR) is 126 cm³/mol. The van der Waals surface area contributed by atoms with Crippen molar-refractivity contribution in [3.8, 4) is 5.75 Å². The number of aryl methyl sites for hydroxylation is 1. The summed E-state index contributed by atoms with van der Waals surface area (Å²) in [6, 6.07) is 6.41. The number of carbonyl (C=O) groups excluding carboxylic acids is 1. The molecule has 0 radical (unpaired) electrons. The SMILES string of the molecule is Cc1cc2ccc(Br)cc2c(OS(=O)(=O)C(F)(F)F)c1[C@H](COC(=O)C(C)(C)C)OC(C)(C)C. The van der Waals surface area contributed by atoms with Crippen molar-refractivity contribution in [2.75, 3.05) is 6.61 Å². The molecule has 190 valence electrons. The van der Waals surface area contributed by atoms with Crippen LogP contribution in [0.2, 0.25) is 0 Å². The molecule has 0 fully saturated rings. The van der Waals surface area contributed by atoms with Gasteiger partial charge in [0.25, 0.3) is 0 Å². The van der Waals surface area contributed by atoms with E-state index in [-0.39, 0.29) is 17.6 Å². The third-order valence-corrected chi connectivity index (χ3v) is 6.02. The molecule has 0 aliphatic rings. The van der Waals surface area contributed by atoms with Crippen LogP contribution in [0.15, 0.2) is 28.7 Å². The van der Waals surface area contributed by atoms with E-state index in [9.17, 15) is 26.4 Å². The Labute approximate surface area is 206 Å². The van der Waals surface area contributed by atoms with Gasteiger partial charge in [-0.3, -0.25) is 4.79 Å². The second kappa shape index (κ2) is 9.66. The highest BCUT2D eigenvalue weighted by Crippen LogP contribution is 2.42. The zero-order valence-electron chi connectivity index (χ0n) is 20.0. The maximum absolute atomic E-state index is 13.3. The van der Waals surface area contributed by atoms with Crippen LogP contribution in [0.1, 0.15) is 58.8 Å². The summed E-state index contributed by atoms with van der Waals surface area (Å²) in [6.45, 7) is 11.3. The molecule has 0 aliphatic heterocycles. The molecule has 34 heavy (non-hydrogen) atoms. The smallest absolute Gasteiger partial charge is 0.462 e. The molecule has 0 heterocycles. The van der Waals surface area contributed by atoms with Crippen molar-refractivity contribution in [2.24, 2.45) is 5.41 Å². The minimum atomic E-state index is -6.00. The monoisotopic (exact) mass is 568 g/mol. The van der Waals surface area contributed by atoms with Crippen LogP contribution < -0.4 is 4.18 Å². The summed E-state index contributed by atoms with van der Waals surface area (Å²) >= 11 is 3.26. The highest BCUT2D eigenvalue weighted by molar-refractivity contribution is 9.10. The second-order valence-electron chi connectivity index (χ2n) is 9.85. The van der Waals surface area contributed by atoms with Gasteiger partial charge in [0.15, 0.2) is 5.75 Å². The fourth-order valence-electron chi connectivity index (χ4n) is 3.10. The van der Waals surface area contributed by atoms with Crippen LogP contribution in [0.25, 0.3) is 10.8 Å². The Bertz CT molecular complexity index is 1180. The third kappa shape index (κ3) is 6.85. The van der Waals surface area contributed by atoms with E-state index in [1.807, 2.05) is 0 Å². The van der Waals surface area contributed by atoms with Crippen molar-refractivity contribution < 1.29 is 40.0 Å². The first-order chi connectivity index (χ1) is 15.2. The maximum atomic E-state index is 13.3. The molecule has 2 rings (SSSR count). The first-order valence-corrected chi connectivity index (χ1v) is 12.5. The number of hydrogen-bond donors (Lipinski definition) is 0. The van der Waals surface area contributed by atoms with E-state index in [0.717, 1.165) is 0 Å². The average Bonchev–Trinajstić information content (AvgIpc) is 2.63. The minimum Gasteiger partial charge on any atom is -0.462 e. The van der Waals surface area contributed by atoms with E-state index in [2.05, 4.69) is 15.9 Å². The first-order valence-electron chi connectivity index (χ1n) is 10.3. The largest absolute Gasteiger partial charge is 0.534 e. The number of carbonyl (C=O) groups is 1. The molecule has 0 bridgehead atoms. The van der Waals surface area contributed by atoms with Crippen molar-refractivity contribution in [3.05, 3.63) is 39.9 Å². The van der Waals surface area contributed by atoms with Crippen molar-refractivity contribution in [1.82, 2.24) is 0 Å². The standard InChI is InChI=1S/C23H28BrF3O6S/c1-13-10-14-8-9-15(24)11-16(14)19(33-34(29,30)23(25,26)27)18(13)17(32-22(5,6)7)12-31-20(28)21(2,3)4/h8-11,17H,12H2,1-7H3/t17-/m0/s1. The van der Waals surface area contributed by atoms with Gasteiger partial charge in [0.2, 0.25) is 0 Å². The van der Waals surface area contributed by atoms with Crippen LogP contribution in [0.4, 0.5) is 13.2 Å². The summed E-state index contributed by atoms with van der Waals surface area (Å²) in [4.78, 5) is 12.4. The Balaban J connectivity index is 2.79. The average molecular weight is 569 g/mol. The molecule has 0 spiro atoms. The summed E-state index contributed by atoms with van der Waals surface area (Å²) in [5.41, 5.74) is -6.87. The van der Waals surface area contributed by atoms with Gasteiger partial charge in [-0.1, -0.05) is 28.1 Å². The van der Waals surface area contributed by atoms with Gasteiger partial charge >= 0.3 is 21.6 Å². The Hall–Kier alpha value is -1.85. The Kier molecular flexibility index (Phi) is 8.06. The Morgan fingerprint density at radius 3 is 2.15 bits per heavy atom. The summed E-state index contributed by atoms with van der Waals surface area (Å²) in [5.74, 6) is -1.09. The summed E-state index contributed by atoms with van der Waals surface area (Å²) in [5, 5.41) is 0.575. The quantitative estimate of drug-likeness (QED) is 0.222. The number of benzene rings is 2. The van der Waals surface area contributed by atoms with Crippen molar-refractivity contribution in [3.63, 3.8) is 0 Å². The normalized spacial score (nSPS) is 14.2. The molecule has 0 aromatic heterocycles. The molecule has 0 unspecified atom stereocenters. The third-order valence-electron chi connectivity index (χ3n) is 4.57. The molecule has 1 atom stereocenters. The Morgan fingerprint density at radius 1 is 1.06 bits per heavy atom. The lowest BCUT2D eigenvalue weighted by Gasteiger charge is -2.31. The van der Waals surface area contributed by atoms with E-state index >= 15 is 0 Å². The second-order valence-corrected chi connectivity index (χ2v) is 12.3. The van der Waals surface area contributed by atoms with Crippen LogP contribution >= 0.6 is 15.9 Å². The number of alkyl halides is 3. The fourth-order valence-corrected chi connectivity index (χ4v) is 3.96. The highest BCUT2D eigenvalue weighted by Gasteiger charge is 2.49. The lowest BCUT2D eigenvalue weighted by molar-refractivity contribution is -0.162. The topological polar surface area (TPSA) is 78.9 Å². The van der Waals surface area contributed by atoms with Crippen LogP contribution in [-0.2, 0) is 24.4 Å². The van der Waals surface area contributed by atoms with Gasteiger partial charge in [0, 0.05) is 15.4 Å². The molecular formula is C23H28BrF3O6S. The predicted octanol–water partition coefficient (Wildman–Crippen LogP) is 6.58. The van der Waals surface area contributed by atoms with Crippen LogP contribution in [-0.4, -0.2) is 32.1 Å². The molecule has 0 saturated carbocycles. The van der Waals surface area contributed by atoms with E-state index < -0.39 is 44.5 Å². The molecule has 0 aliphatic carbocycles. The van der Waals surface area contributed by atoms with E-state index in [1.54, 1.807) is 66.7 Å². The molecule has 2 aromatic carbocycles. The van der Waals surface area contributed by atoms with Gasteiger partial charge in [0.05, 0.1) is 11.0 Å². The van der Waals surface area contributed by atoms with Gasteiger partial charge < -0.3 is 13.7 Å². The first kappa shape index (κ1) is 28.4. The molecule has 11 heteroatoms. The zero-order valence-corrected chi connectivity index (χ0v) is 22.4. The Morgan fingerprint density at radius 2 is 1.65 bits per heavy atom. The summed E-state index contributed by atoms with van der Waals surface area (Å²) < 4.78 is 80.5. The van der Waals surface area contributed by atoms with Gasteiger partial charge in [-0.2, -0.15) is 21.6 Å². The number of hydrogen-bond acceptors (Lipinski definition) is 6. The molecule has 0 N–H and O–H groups in total. The number of rotatable bonds is 6. The molecule has 2 aromatic rings. The summed E-state index contributed by atoms with van der Waals surface area (Å²) in [7, 11) is -6.00.